The van der Waals surface area contributed by atoms with Gasteiger partial charge in [-0.1, -0.05) is 41.4 Å². The molecule has 1 heterocycles. The van der Waals surface area contributed by atoms with Crippen LogP contribution >= 0.6 is 23.2 Å². The molecule has 2 aromatic carbocycles. The molecular weight excluding hydrogens is 361 g/mol. The number of halogens is 2. The molecule has 126 valence electrons. The Bertz CT molecular complexity index is 977. The molecule has 0 radical (unpaired) electrons. The SMILES string of the molecule is Cc1cc(C(=O)[O-])ccc1-c1ccc(C=Nc2cccc(Cl)c2Cl)o1. The first kappa shape index (κ1) is 17.3. The zero-order valence-corrected chi connectivity index (χ0v) is 14.6. The number of carbonyl (C=O) groups is 1. The summed E-state index contributed by atoms with van der Waals surface area (Å²) in [5, 5.41) is 11.7. The average molecular weight is 373 g/mol. The summed E-state index contributed by atoms with van der Waals surface area (Å²) >= 11 is 12.0. The van der Waals surface area contributed by atoms with Crippen molar-refractivity contribution in [2.45, 2.75) is 6.92 Å². The van der Waals surface area contributed by atoms with Crippen molar-refractivity contribution in [1.29, 1.82) is 0 Å². The minimum absolute atomic E-state index is 0.130. The normalized spacial score (nSPS) is 11.2. The number of aliphatic imine (C=N–C) groups is 1. The quantitative estimate of drug-likeness (QED) is 0.624. The molecular formula is C19H12Cl2NO3-. The monoisotopic (exact) mass is 372 g/mol. The number of rotatable bonds is 4. The molecule has 1 aromatic heterocycles. The smallest absolute Gasteiger partial charge is 0.145 e. The first-order valence-electron chi connectivity index (χ1n) is 7.36. The van der Waals surface area contributed by atoms with Gasteiger partial charge in [0, 0.05) is 5.56 Å². The maximum atomic E-state index is 10.9. The third-order valence-electron chi connectivity index (χ3n) is 3.62. The highest BCUT2D eigenvalue weighted by Crippen LogP contribution is 2.32. The second kappa shape index (κ2) is 7.13. The lowest BCUT2D eigenvalue weighted by Crippen LogP contribution is -2.22. The van der Waals surface area contributed by atoms with Crippen molar-refractivity contribution in [3.63, 3.8) is 0 Å². The molecule has 25 heavy (non-hydrogen) atoms. The second-order valence-corrected chi connectivity index (χ2v) is 6.14. The van der Waals surface area contributed by atoms with E-state index >= 15 is 0 Å². The molecule has 3 aromatic rings. The molecule has 0 aliphatic heterocycles. The van der Waals surface area contributed by atoms with Gasteiger partial charge in [-0.25, -0.2) is 0 Å². The van der Waals surface area contributed by atoms with Crippen LogP contribution in [0.25, 0.3) is 11.3 Å². The van der Waals surface area contributed by atoms with E-state index < -0.39 is 5.97 Å². The topological polar surface area (TPSA) is 65.6 Å². The lowest BCUT2D eigenvalue weighted by Gasteiger charge is -2.07. The number of benzene rings is 2. The summed E-state index contributed by atoms with van der Waals surface area (Å²) < 4.78 is 5.75. The predicted molar refractivity (Wildman–Crippen MR) is 96.9 cm³/mol. The van der Waals surface area contributed by atoms with Gasteiger partial charge in [-0.3, -0.25) is 4.99 Å². The molecule has 0 unspecified atom stereocenters. The number of carboxylic acids is 1. The van der Waals surface area contributed by atoms with Crippen molar-refractivity contribution in [2.24, 2.45) is 4.99 Å². The molecule has 0 saturated carbocycles. The van der Waals surface area contributed by atoms with E-state index in [1.54, 1.807) is 48.7 Å². The molecule has 0 saturated heterocycles. The van der Waals surface area contributed by atoms with Crippen LogP contribution in [0.3, 0.4) is 0 Å². The van der Waals surface area contributed by atoms with Crippen LogP contribution in [0.1, 0.15) is 21.7 Å². The van der Waals surface area contributed by atoms with Gasteiger partial charge in [0.25, 0.3) is 0 Å². The van der Waals surface area contributed by atoms with Gasteiger partial charge in [-0.15, -0.1) is 0 Å². The molecule has 0 aliphatic rings. The molecule has 0 N–H and O–H groups in total. The number of hydrogen-bond donors (Lipinski definition) is 0. The number of aryl methyl sites for hydroxylation is 1. The third-order valence-corrected chi connectivity index (χ3v) is 4.43. The summed E-state index contributed by atoms with van der Waals surface area (Å²) in [5.74, 6) is -0.0595. The summed E-state index contributed by atoms with van der Waals surface area (Å²) in [6.07, 6.45) is 1.55. The van der Waals surface area contributed by atoms with Crippen LogP contribution in [0.5, 0.6) is 0 Å². The Morgan fingerprint density at radius 3 is 2.68 bits per heavy atom. The summed E-state index contributed by atoms with van der Waals surface area (Å²) in [6, 6.07) is 13.5. The second-order valence-electron chi connectivity index (χ2n) is 5.35. The number of furan rings is 1. The number of carbonyl (C=O) groups excluding carboxylic acids is 1. The van der Waals surface area contributed by atoms with Crippen LogP contribution < -0.4 is 5.11 Å². The molecule has 0 aliphatic carbocycles. The molecule has 0 bridgehead atoms. The molecule has 0 spiro atoms. The maximum absolute atomic E-state index is 10.9. The molecule has 4 nitrogen and oxygen atoms in total. The zero-order chi connectivity index (χ0) is 18.0. The van der Waals surface area contributed by atoms with E-state index in [9.17, 15) is 9.90 Å². The van der Waals surface area contributed by atoms with Crippen LogP contribution in [-0.4, -0.2) is 12.2 Å². The molecule has 6 heteroatoms. The lowest BCUT2D eigenvalue weighted by molar-refractivity contribution is -0.255. The lowest BCUT2D eigenvalue weighted by atomic mass is 10.0. The molecule has 0 amide bonds. The fourth-order valence-corrected chi connectivity index (χ4v) is 2.70. The van der Waals surface area contributed by atoms with E-state index in [1.807, 2.05) is 6.92 Å². The van der Waals surface area contributed by atoms with Gasteiger partial charge in [0.05, 0.1) is 27.9 Å². The number of nitrogens with zero attached hydrogens (tertiary/aromatic N) is 1. The fraction of sp³-hybridized carbons (Fsp3) is 0.0526. The van der Waals surface area contributed by atoms with Crippen molar-refractivity contribution in [3.8, 4) is 11.3 Å². The van der Waals surface area contributed by atoms with E-state index in [0.29, 0.717) is 27.3 Å². The van der Waals surface area contributed by atoms with E-state index in [0.717, 1.165) is 11.1 Å². The molecule has 3 rings (SSSR count). The number of carboxylic acid groups (broad SMARTS) is 1. The summed E-state index contributed by atoms with van der Waals surface area (Å²) in [4.78, 5) is 15.2. The van der Waals surface area contributed by atoms with Gasteiger partial charge in [0.2, 0.25) is 0 Å². The summed E-state index contributed by atoms with van der Waals surface area (Å²) in [6.45, 7) is 1.81. The Labute approximate surface area is 154 Å². The highest BCUT2D eigenvalue weighted by atomic mass is 35.5. The van der Waals surface area contributed by atoms with Gasteiger partial charge in [0.15, 0.2) is 0 Å². The van der Waals surface area contributed by atoms with Crippen molar-refractivity contribution >= 4 is 41.1 Å². The van der Waals surface area contributed by atoms with Gasteiger partial charge in [-0.2, -0.15) is 0 Å². The van der Waals surface area contributed by atoms with E-state index in [4.69, 9.17) is 27.6 Å². The molecule has 0 atom stereocenters. The van der Waals surface area contributed by atoms with Crippen molar-refractivity contribution < 1.29 is 14.3 Å². The minimum Gasteiger partial charge on any atom is -0.545 e. The summed E-state index contributed by atoms with van der Waals surface area (Å²) in [7, 11) is 0. The Morgan fingerprint density at radius 2 is 1.96 bits per heavy atom. The predicted octanol–water partition coefficient (Wildman–Crippen LogP) is 4.68. The maximum Gasteiger partial charge on any atom is 0.145 e. The highest BCUT2D eigenvalue weighted by molar-refractivity contribution is 6.43. The van der Waals surface area contributed by atoms with Gasteiger partial charge >= 0.3 is 0 Å². The van der Waals surface area contributed by atoms with Gasteiger partial charge < -0.3 is 14.3 Å². The minimum atomic E-state index is -1.21. The van der Waals surface area contributed by atoms with Crippen LogP contribution in [0.4, 0.5) is 5.69 Å². The Hall–Kier alpha value is -2.56. The number of hydrogen-bond acceptors (Lipinski definition) is 4. The Kier molecular flexibility index (Phi) is 4.93. The van der Waals surface area contributed by atoms with E-state index in [-0.39, 0.29) is 5.56 Å². The van der Waals surface area contributed by atoms with Crippen molar-refractivity contribution in [3.05, 3.63) is 75.5 Å². The van der Waals surface area contributed by atoms with Crippen LogP contribution in [0.15, 0.2) is 57.9 Å². The first-order chi connectivity index (χ1) is 12.0. The highest BCUT2D eigenvalue weighted by Gasteiger charge is 2.08. The fourth-order valence-electron chi connectivity index (χ4n) is 2.36. The Morgan fingerprint density at radius 1 is 1.16 bits per heavy atom. The third kappa shape index (κ3) is 3.76. The van der Waals surface area contributed by atoms with Crippen LogP contribution in [-0.2, 0) is 0 Å². The van der Waals surface area contributed by atoms with Crippen LogP contribution in [0.2, 0.25) is 10.0 Å². The summed E-state index contributed by atoms with van der Waals surface area (Å²) in [5.41, 5.74) is 2.25. The van der Waals surface area contributed by atoms with E-state index in [1.165, 1.54) is 6.07 Å². The standard InChI is InChI=1S/C19H13Cl2NO3/c1-11-9-12(19(23)24)5-7-14(11)17-8-6-13(25-17)10-22-16-4-2-3-15(20)18(16)21/h2-10H,1H3,(H,23,24)/p-1. The van der Waals surface area contributed by atoms with Crippen molar-refractivity contribution in [1.82, 2.24) is 0 Å². The van der Waals surface area contributed by atoms with Gasteiger partial charge in [-0.05, 0) is 48.4 Å². The first-order valence-corrected chi connectivity index (χ1v) is 8.11. The average Bonchev–Trinajstić information content (AvgIpc) is 3.04. The largest absolute Gasteiger partial charge is 0.545 e. The molecule has 0 fully saturated rings. The zero-order valence-electron chi connectivity index (χ0n) is 13.1. The van der Waals surface area contributed by atoms with Crippen molar-refractivity contribution in [2.75, 3.05) is 0 Å². The number of aromatic carboxylic acids is 1. The van der Waals surface area contributed by atoms with Gasteiger partial charge in [0.1, 0.15) is 11.5 Å². The Balaban J connectivity index is 1.87. The van der Waals surface area contributed by atoms with E-state index in [2.05, 4.69) is 4.99 Å². The van der Waals surface area contributed by atoms with Crippen LogP contribution in [0, 0.1) is 6.92 Å².